The van der Waals surface area contributed by atoms with Gasteiger partial charge in [-0.2, -0.15) is 0 Å². The molecule has 2 aliphatic rings. The van der Waals surface area contributed by atoms with Crippen molar-refractivity contribution in [3.05, 3.63) is 35.4 Å². The molecule has 17 heavy (non-hydrogen) atoms. The van der Waals surface area contributed by atoms with Gasteiger partial charge >= 0.3 is 0 Å². The molecule has 2 heteroatoms. The Morgan fingerprint density at radius 2 is 1.76 bits per heavy atom. The summed E-state index contributed by atoms with van der Waals surface area (Å²) in [7, 11) is 0. The Bertz CT molecular complexity index is 370. The van der Waals surface area contributed by atoms with E-state index in [9.17, 15) is 0 Å². The SMILES string of the molecule is OCc1cccc(CNC(C2CC2)C2CC2)c1. The van der Waals surface area contributed by atoms with Crippen LogP contribution in [0.2, 0.25) is 0 Å². The molecule has 2 saturated carbocycles. The van der Waals surface area contributed by atoms with Gasteiger partial charge in [-0.05, 0) is 48.6 Å². The quantitative estimate of drug-likeness (QED) is 0.788. The molecule has 0 amide bonds. The molecule has 2 N–H and O–H groups in total. The minimum absolute atomic E-state index is 0.141. The van der Waals surface area contributed by atoms with Crippen molar-refractivity contribution in [1.29, 1.82) is 0 Å². The number of hydrogen-bond acceptors (Lipinski definition) is 2. The monoisotopic (exact) mass is 231 g/mol. The van der Waals surface area contributed by atoms with E-state index in [0.717, 1.165) is 30.0 Å². The van der Waals surface area contributed by atoms with Crippen LogP contribution in [0.25, 0.3) is 0 Å². The van der Waals surface area contributed by atoms with Crippen molar-refractivity contribution in [3.63, 3.8) is 0 Å². The van der Waals surface area contributed by atoms with Gasteiger partial charge in [-0.1, -0.05) is 24.3 Å². The first kappa shape index (κ1) is 11.2. The maximum Gasteiger partial charge on any atom is 0.0681 e. The molecule has 0 bridgehead atoms. The summed E-state index contributed by atoms with van der Waals surface area (Å²) in [5.41, 5.74) is 2.31. The van der Waals surface area contributed by atoms with E-state index in [4.69, 9.17) is 5.11 Å². The maximum atomic E-state index is 9.12. The van der Waals surface area contributed by atoms with Crippen molar-refractivity contribution >= 4 is 0 Å². The average molecular weight is 231 g/mol. The van der Waals surface area contributed by atoms with Gasteiger partial charge in [-0.25, -0.2) is 0 Å². The molecule has 0 aliphatic heterocycles. The number of nitrogens with one attached hydrogen (secondary N) is 1. The minimum atomic E-state index is 0.141. The summed E-state index contributed by atoms with van der Waals surface area (Å²) in [4.78, 5) is 0. The van der Waals surface area contributed by atoms with Crippen LogP contribution in [-0.2, 0) is 13.2 Å². The lowest BCUT2D eigenvalue weighted by Crippen LogP contribution is -2.32. The van der Waals surface area contributed by atoms with Crippen molar-refractivity contribution in [1.82, 2.24) is 5.32 Å². The Balaban J connectivity index is 1.58. The molecule has 0 atom stereocenters. The Kier molecular flexibility index (Phi) is 3.17. The van der Waals surface area contributed by atoms with Gasteiger partial charge in [0.05, 0.1) is 6.61 Å². The smallest absolute Gasteiger partial charge is 0.0681 e. The largest absolute Gasteiger partial charge is 0.392 e. The van der Waals surface area contributed by atoms with E-state index < -0.39 is 0 Å². The van der Waals surface area contributed by atoms with Crippen LogP contribution < -0.4 is 5.32 Å². The lowest BCUT2D eigenvalue weighted by molar-refractivity contribution is 0.281. The van der Waals surface area contributed by atoms with Crippen LogP contribution in [0.3, 0.4) is 0 Å². The second-order valence-corrected chi connectivity index (χ2v) is 5.56. The Morgan fingerprint density at radius 1 is 1.12 bits per heavy atom. The molecule has 2 aliphatic carbocycles. The van der Waals surface area contributed by atoms with Crippen LogP contribution in [0.4, 0.5) is 0 Å². The highest BCUT2D eigenvalue weighted by atomic mass is 16.3. The highest BCUT2D eigenvalue weighted by Gasteiger charge is 2.40. The van der Waals surface area contributed by atoms with Gasteiger partial charge in [0.1, 0.15) is 0 Å². The van der Waals surface area contributed by atoms with Gasteiger partial charge in [0.15, 0.2) is 0 Å². The lowest BCUT2D eigenvalue weighted by atomic mass is 10.1. The van der Waals surface area contributed by atoms with Crippen LogP contribution >= 0.6 is 0 Å². The van der Waals surface area contributed by atoms with Crippen LogP contribution in [-0.4, -0.2) is 11.1 Å². The number of rotatable bonds is 6. The molecule has 0 unspecified atom stereocenters. The van der Waals surface area contributed by atoms with E-state index in [-0.39, 0.29) is 6.61 Å². The summed E-state index contributed by atoms with van der Waals surface area (Å²) < 4.78 is 0. The molecular formula is C15H21NO. The van der Waals surface area contributed by atoms with E-state index in [1.54, 1.807) is 0 Å². The molecule has 0 heterocycles. The summed E-state index contributed by atoms with van der Waals surface area (Å²) in [5.74, 6) is 1.90. The van der Waals surface area contributed by atoms with Crippen molar-refractivity contribution in [3.8, 4) is 0 Å². The Morgan fingerprint density at radius 3 is 2.35 bits per heavy atom. The van der Waals surface area contributed by atoms with Gasteiger partial charge < -0.3 is 10.4 Å². The first-order chi connectivity index (χ1) is 8.36. The standard InChI is InChI=1S/C15H21NO/c17-10-12-3-1-2-11(8-12)9-16-15(13-4-5-13)14-6-7-14/h1-3,8,13-17H,4-7,9-10H2. The van der Waals surface area contributed by atoms with Gasteiger partial charge in [-0.15, -0.1) is 0 Å². The number of aliphatic hydroxyl groups is 1. The third kappa shape index (κ3) is 2.88. The summed E-state index contributed by atoms with van der Waals surface area (Å²) >= 11 is 0. The summed E-state index contributed by atoms with van der Waals surface area (Å²) in [6.45, 7) is 1.09. The molecule has 0 aromatic heterocycles. The second kappa shape index (κ2) is 4.79. The Labute approximate surface area is 103 Å². The van der Waals surface area contributed by atoms with E-state index in [2.05, 4.69) is 17.4 Å². The van der Waals surface area contributed by atoms with Gasteiger partial charge in [0, 0.05) is 12.6 Å². The van der Waals surface area contributed by atoms with E-state index >= 15 is 0 Å². The molecule has 2 nitrogen and oxygen atoms in total. The molecule has 2 fully saturated rings. The highest BCUT2D eigenvalue weighted by molar-refractivity contribution is 5.23. The first-order valence-electron chi connectivity index (χ1n) is 6.79. The Hall–Kier alpha value is -0.860. The lowest BCUT2D eigenvalue weighted by Gasteiger charge is -2.17. The minimum Gasteiger partial charge on any atom is -0.392 e. The summed E-state index contributed by atoms with van der Waals surface area (Å²) in [6, 6.07) is 9.01. The van der Waals surface area contributed by atoms with Gasteiger partial charge in [-0.3, -0.25) is 0 Å². The maximum absolute atomic E-state index is 9.12. The first-order valence-corrected chi connectivity index (χ1v) is 6.79. The predicted molar refractivity (Wildman–Crippen MR) is 68.4 cm³/mol. The molecule has 1 aromatic carbocycles. The van der Waals surface area contributed by atoms with Gasteiger partial charge in [0.2, 0.25) is 0 Å². The summed E-state index contributed by atoms with van der Waals surface area (Å²) in [6.07, 6.45) is 5.69. The second-order valence-electron chi connectivity index (χ2n) is 5.56. The molecule has 0 spiro atoms. The normalized spacial score (nSPS) is 19.9. The zero-order valence-corrected chi connectivity index (χ0v) is 10.2. The molecule has 0 radical (unpaired) electrons. The molecule has 92 valence electrons. The molecule has 3 rings (SSSR count). The topological polar surface area (TPSA) is 32.3 Å². The zero-order valence-electron chi connectivity index (χ0n) is 10.2. The average Bonchev–Trinajstić information content (AvgIpc) is 3.22. The van der Waals surface area contributed by atoms with E-state index in [1.807, 2.05) is 12.1 Å². The molecule has 0 saturated heterocycles. The van der Waals surface area contributed by atoms with Crippen LogP contribution in [0, 0.1) is 11.8 Å². The van der Waals surface area contributed by atoms with E-state index in [0.29, 0.717) is 0 Å². The fraction of sp³-hybridized carbons (Fsp3) is 0.600. The number of aliphatic hydroxyl groups excluding tert-OH is 1. The van der Waals surface area contributed by atoms with Crippen LogP contribution in [0.15, 0.2) is 24.3 Å². The van der Waals surface area contributed by atoms with Crippen molar-refractivity contribution in [2.45, 2.75) is 44.9 Å². The third-order valence-corrected chi connectivity index (χ3v) is 3.98. The number of benzene rings is 1. The van der Waals surface area contributed by atoms with Crippen molar-refractivity contribution < 1.29 is 5.11 Å². The fourth-order valence-corrected chi connectivity index (χ4v) is 2.70. The van der Waals surface area contributed by atoms with Crippen LogP contribution in [0.1, 0.15) is 36.8 Å². The third-order valence-electron chi connectivity index (χ3n) is 3.98. The van der Waals surface area contributed by atoms with Crippen molar-refractivity contribution in [2.75, 3.05) is 0 Å². The summed E-state index contributed by atoms with van der Waals surface area (Å²) in [5, 5.41) is 12.8. The highest BCUT2D eigenvalue weighted by Crippen LogP contribution is 2.44. The zero-order chi connectivity index (χ0) is 11.7. The fourth-order valence-electron chi connectivity index (χ4n) is 2.70. The van der Waals surface area contributed by atoms with Crippen LogP contribution in [0.5, 0.6) is 0 Å². The molecular weight excluding hydrogens is 210 g/mol. The molecule has 1 aromatic rings. The predicted octanol–water partition coefficient (Wildman–Crippen LogP) is 2.46. The van der Waals surface area contributed by atoms with E-state index in [1.165, 1.54) is 31.2 Å². The van der Waals surface area contributed by atoms with Crippen molar-refractivity contribution in [2.24, 2.45) is 11.8 Å². The van der Waals surface area contributed by atoms with Gasteiger partial charge in [0.25, 0.3) is 0 Å². The number of hydrogen-bond donors (Lipinski definition) is 2.